The number of aliphatic carboxylic acids is 1. The fourth-order valence-electron chi connectivity index (χ4n) is 3.60. The van der Waals surface area contributed by atoms with Crippen LogP contribution in [0, 0.1) is 11.2 Å². The standard InChI is InChI=1S/C19H23FN4O4/c1-4-28-15-9-19(17(26)27,18(15,2)3)21-16(25)14-11-24(23-22-14)10-12-6-5-7-13(20)8-12/h5-8,11,15H,4,9-10H2,1-3H3,(H,21,25)(H,26,27). The summed E-state index contributed by atoms with van der Waals surface area (Å²) < 4.78 is 20.3. The molecule has 1 aromatic carbocycles. The number of carbonyl (C=O) groups excluding carboxylic acids is 1. The van der Waals surface area contributed by atoms with Crippen LogP contribution in [0.2, 0.25) is 0 Å². The van der Waals surface area contributed by atoms with Crippen LogP contribution in [0.1, 0.15) is 43.2 Å². The highest BCUT2D eigenvalue weighted by Gasteiger charge is 2.66. The molecule has 2 aromatic rings. The fraction of sp³-hybridized carbons (Fsp3) is 0.474. The summed E-state index contributed by atoms with van der Waals surface area (Å²) in [5.74, 6) is -2.11. The monoisotopic (exact) mass is 390 g/mol. The molecule has 8 nitrogen and oxygen atoms in total. The zero-order valence-corrected chi connectivity index (χ0v) is 16.0. The molecule has 0 saturated heterocycles. The van der Waals surface area contributed by atoms with Crippen LogP contribution < -0.4 is 5.32 Å². The number of carboxylic acid groups (broad SMARTS) is 1. The molecule has 0 aliphatic heterocycles. The van der Waals surface area contributed by atoms with E-state index in [4.69, 9.17) is 4.74 Å². The van der Waals surface area contributed by atoms with Gasteiger partial charge in [-0.2, -0.15) is 0 Å². The minimum Gasteiger partial charge on any atom is -0.479 e. The second-order valence-corrected chi connectivity index (χ2v) is 7.47. The average Bonchev–Trinajstić information content (AvgIpc) is 3.08. The minimum atomic E-state index is -1.45. The van der Waals surface area contributed by atoms with Crippen LogP contribution in [0.5, 0.6) is 0 Å². The molecule has 28 heavy (non-hydrogen) atoms. The zero-order chi connectivity index (χ0) is 20.5. The molecular formula is C19H23FN4O4. The molecule has 2 N–H and O–H groups in total. The lowest BCUT2D eigenvalue weighted by Crippen LogP contribution is -2.76. The number of hydrogen-bond acceptors (Lipinski definition) is 5. The Kier molecular flexibility index (Phi) is 5.20. The number of rotatable bonds is 7. The largest absolute Gasteiger partial charge is 0.479 e. The maximum atomic E-state index is 13.3. The maximum Gasteiger partial charge on any atom is 0.330 e. The number of halogens is 1. The molecule has 1 fully saturated rings. The Balaban J connectivity index is 1.74. The number of amides is 1. The Morgan fingerprint density at radius 2 is 2.18 bits per heavy atom. The van der Waals surface area contributed by atoms with Crippen LogP contribution in [0.15, 0.2) is 30.5 Å². The van der Waals surface area contributed by atoms with Crippen molar-refractivity contribution in [3.8, 4) is 0 Å². The van der Waals surface area contributed by atoms with Gasteiger partial charge < -0.3 is 15.2 Å². The van der Waals surface area contributed by atoms with Gasteiger partial charge in [-0.15, -0.1) is 5.10 Å². The number of carboxylic acids is 1. The Hall–Kier alpha value is -2.81. The number of nitrogens with one attached hydrogen (secondary N) is 1. The van der Waals surface area contributed by atoms with Crippen molar-refractivity contribution in [1.82, 2.24) is 20.3 Å². The van der Waals surface area contributed by atoms with Crippen molar-refractivity contribution in [2.45, 2.75) is 45.4 Å². The van der Waals surface area contributed by atoms with Crippen molar-refractivity contribution in [2.24, 2.45) is 5.41 Å². The number of nitrogens with zero attached hydrogens (tertiary/aromatic N) is 3. The molecule has 2 unspecified atom stereocenters. The lowest BCUT2D eigenvalue weighted by atomic mass is 9.54. The zero-order valence-electron chi connectivity index (χ0n) is 16.0. The van der Waals surface area contributed by atoms with Gasteiger partial charge in [0.1, 0.15) is 11.4 Å². The SMILES string of the molecule is CCOC1CC(NC(=O)c2cn(Cc3cccc(F)c3)nn2)(C(=O)O)C1(C)C. The maximum absolute atomic E-state index is 13.3. The van der Waals surface area contributed by atoms with Gasteiger partial charge in [-0.1, -0.05) is 31.2 Å². The summed E-state index contributed by atoms with van der Waals surface area (Å²) in [7, 11) is 0. The first-order valence-electron chi connectivity index (χ1n) is 9.01. The van der Waals surface area contributed by atoms with Crippen molar-refractivity contribution in [2.75, 3.05) is 6.61 Å². The van der Waals surface area contributed by atoms with E-state index >= 15 is 0 Å². The summed E-state index contributed by atoms with van der Waals surface area (Å²) in [6.07, 6.45) is 1.31. The van der Waals surface area contributed by atoms with Gasteiger partial charge in [0.15, 0.2) is 5.69 Å². The van der Waals surface area contributed by atoms with E-state index in [0.29, 0.717) is 12.2 Å². The molecule has 1 amide bonds. The topological polar surface area (TPSA) is 106 Å². The quantitative estimate of drug-likeness (QED) is 0.747. The van der Waals surface area contributed by atoms with Crippen molar-refractivity contribution < 1.29 is 23.8 Å². The molecular weight excluding hydrogens is 367 g/mol. The van der Waals surface area contributed by atoms with Crippen molar-refractivity contribution >= 4 is 11.9 Å². The highest BCUT2D eigenvalue weighted by atomic mass is 19.1. The normalized spacial score (nSPS) is 23.1. The summed E-state index contributed by atoms with van der Waals surface area (Å²) in [6, 6.07) is 6.02. The Bertz CT molecular complexity index is 898. The molecule has 9 heteroatoms. The van der Waals surface area contributed by atoms with Crippen LogP contribution in [0.3, 0.4) is 0 Å². The number of benzene rings is 1. The molecule has 1 aromatic heterocycles. The highest BCUT2D eigenvalue weighted by Crippen LogP contribution is 2.51. The third kappa shape index (κ3) is 3.37. The van der Waals surface area contributed by atoms with Crippen molar-refractivity contribution in [3.05, 3.63) is 47.5 Å². The van der Waals surface area contributed by atoms with E-state index in [1.165, 1.54) is 23.0 Å². The lowest BCUT2D eigenvalue weighted by Gasteiger charge is -2.58. The summed E-state index contributed by atoms with van der Waals surface area (Å²) >= 11 is 0. The van der Waals surface area contributed by atoms with Gasteiger partial charge >= 0.3 is 5.97 Å². The summed E-state index contributed by atoms with van der Waals surface area (Å²) in [5, 5.41) is 20.1. The second-order valence-electron chi connectivity index (χ2n) is 7.47. The molecule has 0 bridgehead atoms. The highest BCUT2D eigenvalue weighted by molar-refractivity contribution is 5.97. The first kappa shape index (κ1) is 19.9. The smallest absolute Gasteiger partial charge is 0.330 e. The Labute approximate surface area is 161 Å². The first-order chi connectivity index (χ1) is 13.2. The predicted octanol–water partition coefficient (Wildman–Crippen LogP) is 1.85. The molecule has 2 atom stereocenters. The van der Waals surface area contributed by atoms with Crippen LogP contribution in [-0.4, -0.2) is 50.2 Å². The molecule has 1 aliphatic carbocycles. The van der Waals surface area contributed by atoms with Crippen LogP contribution in [0.25, 0.3) is 0 Å². The number of ether oxygens (including phenoxy) is 1. The van der Waals surface area contributed by atoms with Gasteiger partial charge in [0, 0.05) is 18.4 Å². The van der Waals surface area contributed by atoms with Gasteiger partial charge in [-0.3, -0.25) is 4.79 Å². The van der Waals surface area contributed by atoms with Crippen LogP contribution in [0.4, 0.5) is 4.39 Å². The predicted molar refractivity (Wildman–Crippen MR) is 97.2 cm³/mol. The molecule has 1 aliphatic rings. The van der Waals surface area contributed by atoms with E-state index in [9.17, 15) is 19.1 Å². The number of carbonyl (C=O) groups is 2. The lowest BCUT2D eigenvalue weighted by molar-refractivity contribution is -0.190. The molecule has 0 spiro atoms. The first-order valence-corrected chi connectivity index (χ1v) is 9.01. The van der Waals surface area contributed by atoms with Gasteiger partial charge in [-0.25, -0.2) is 13.9 Å². The van der Waals surface area contributed by atoms with E-state index in [1.807, 2.05) is 6.92 Å². The van der Waals surface area contributed by atoms with E-state index in [-0.39, 0.29) is 30.6 Å². The van der Waals surface area contributed by atoms with E-state index in [0.717, 1.165) is 0 Å². The average molecular weight is 390 g/mol. The number of aromatic nitrogens is 3. The minimum absolute atomic E-state index is 0.00677. The van der Waals surface area contributed by atoms with Gasteiger partial charge in [0.05, 0.1) is 18.8 Å². The summed E-state index contributed by atoms with van der Waals surface area (Å²) in [6.45, 7) is 6.05. The summed E-state index contributed by atoms with van der Waals surface area (Å²) in [5.41, 5.74) is -1.58. The van der Waals surface area contributed by atoms with Gasteiger partial charge in [0.25, 0.3) is 5.91 Å². The van der Waals surface area contributed by atoms with Crippen LogP contribution >= 0.6 is 0 Å². The van der Waals surface area contributed by atoms with E-state index in [2.05, 4.69) is 15.6 Å². The summed E-state index contributed by atoms with van der Waals surface area (Å²) in [4.78, 5) is 24.6. The molecule has 3 rings (SSSR count). The van der Waals surface area contributed by atoms with Crippen molar-refractivity contribution in [3.63, 3.8) is 0 Å². The third-order valence-corrected chi connectivity index (χ3v) is 5.46. The Morgan fingerprint density at radius 3 is 2.79 bits per heavy atom. The second kappa shape index (κ2) is 7.31. The van der Waals surface area contributed by atoms with Crippen molar-refractivity contribution in [1.29, 1.82) is 0 Å². The third-order valence-electron chi connectivity index (χ3n) is 5.46. The molecule has 0 radical (unpaired) electrons. The van der Waals surface area contributed by atoms with E-state index in [1.54, 1.807) is 26.0 Å². The molecule has 1 saturated carbocycles. The van der Waals surface area contributed by atoms with Gasteiger partial charge in [0.2, 0.25) is 0 Å². The van der Waals surface area contributed by atoms with Gasteiger partial charge in [-0.05, 0) is 24.6 Å². The molecule has 1 heterocycles. The number of hydrogen-bond donors (Lipinski definition) is 2. The Morgan fingerprint density at radius 1 is 1.43 bits per heavy atom. The van der Waals surface area contributed by atoms with Crippen LogP contribution in [-0.2, 0) is 16.1 Å². The van der Waals surface area contributed by atoms with E-state index < -0.39 is 22.8 Å². The fourth-order valence-corrected chi connectivity index (χ4v) is 3.60. The molecule has 150 valence electrons.